The van der Waals surface area contributed by atoms with Gasteiger partial charge in [0.25, 0.3) is 0 Å². The van der Waals surface area contributed by atoms with Gasteiger partial charge in [0, 0.05) is 53.5 Å². The second-order valence-corrected chi connectivity index (χ2v) is 12.2. The number of para-hydroxylation sites is 3. The quantitative estimate of drug-likeness (QED) is 0.226. The van der Waals surface area contributed by atoms with Crippen LogP contribution >= 0.6 is 11.3 Å². The van der Waals surface area contributed by atoms with Crippen molar-refractivity contribution < 1.29 is 0 Å². The third-order valence-electron chi connectivity index (χ3n) is 8.74. The highest BCUT2D eigenvalue weighted by Gasteiger charge is 2.20. The lowest BCUT2D eigenvalue weighted by Crippen LogP contribution is -2.02. The summed E-state index contributed by atoms with van der Waals surface area (Å²) in [6.45, 7) is 0. The first-order valence-corrected chi connectivity index (χ1v) is 15.2. The molecular formula is C38H22N4S. The SMILES string of the molecule is c1ccc(-c2nc(-n3c4ccccc4c4cc5c(cc43)sc3c5ccc4c5ccccc5[nH]c43)c3ccccc3n2)cc1. The molecule has 5 heteroatoms. The summed E-state index contributed by atoms with van der Waals surface area (Å²) < 4.78 is 4.90. The molecule has 200 valence electrons. The zero-order valence-electron chi connectivity index (χ0n) is 22.9. The number of nitrogens with zero attached hydrogens (tertiary/aromatic N) is 3. The number of aromatic amines is 1. The molecule has 0 saturated heterocycles. The summed E-state index contributed by atoms with van der Waals surface area (Å²) in [5.41, 5.74) is 6.61. The van der Waals surface area contributed by atoms with Crippen LogP contribution in [0.1, 0.15) is 0 Å². The van der Waals surface area contributed by atoms with Crippen LogP contribution in [-0.4, -0.2) is 19.5 Å². The highest BCUT2D eigenvalue weighted by atomic mass is 32.1. The third-order valence-corrected chi connectivity index (χ3v) is 9.92. The summed E-state index contributed by atoms with van der Waals surface area (Å²) in [7, 11) is 0. The molecule has 0 bridgehead atoms. The van der Waals surface area contributed by atoms with Crippen molar-refractivity contribution in [2.24, 2.45) is 0 Å². The monoisotopic (exact) mass is 566 g/mol. The van der Waals surface area contributed by atoms with E-state index in [-0.39, 0.29) is 0 Å². The average Bonchev–Trinajstić information content (AvgIpc) is 3.73. The normalized spacial score (nSPS) is 12.2. The molecular weight excluding hydrogens is 545 g/mol. The Hall–Kier alpha value is -5.52. The van der Waals surface area contributed by atoms with Crippen LogP contribution in [0.4, 0.5) is 0 Å². The molecule has 1 N–H and O–H groups in total. The Bertz CT molecular complexity index is 2730. The smallest absolute Gasteiger partial charge is 0.162 e. The van der Waals surface area contributed by atoms with E-state index in [1.165, 1.54) is 52.8 Å². The highest BCUT2D eigenvalue weighted by Crippen LogP contribution is 2.44. The van der Waals surface area contributed by atoms with Crippen molar-refractivity contribution in [3.63, 3.8) is 0 Å². The number of benzene rings is 6. The van der Waals surface area contributed by atoms with Crippen LogP contribution in [0, 0.1) is 0 Å². The van der Waals surface area contributed by atoms with E-state index in [0.717, 1.165) is 39.1 Å². The summed E-state index contributed by atoms with van der Waals surface area (Å²) in [5, 5.41) is 8.59. The molecule has 0 unspecified atom stereocenters. The second kappa shape index (κ2) is 8.51. The van der Waals surface area contributed by atoms with Crippen molar-refractivity contribution >= 4 is 86.0 Å². The maximum Gasteiger partial charge on any atom is 0.162 e. The van der Waals surface area contributed by atoms with Crippen LogP contribution in [0.2, 0.25) is 0 Å². The minimum Gasteiger partial charge on any atom is -0.353 e. The van der Waals surface area contributed by atoms with Crippen molar-refractivity contribution in [1.82, 2.24) is 19.5 Å². The van der Waals surface area contributed by atoms with Crippen molar-refractivity contribution in [3.8, 4) is 17.2 Å². The van der Waals surface area contributed by atoms with Gasteiger partial charge in [-0.1, -0.05) is 91.0 Å². The third kappa shape index (κ3) is 3.20. The molecule has 0 fully saturated rings. The van der Waals surface area contributed by atoms with E-state index in [0.29, 0.717) is 0 Å². The molecule has 6 aromatic carbocycles. The lowest BCUT2D eigenvalue weighted by Gasteiger charge is -2.12. The van der Waals surface area contributed by atoms with E-state index in [4.69, 9.17) is 9.97 Å². The molecule has 0 aliphatic carbocycles. The average molecular weight is 567 g/mol. The second-order valence-electron chi connectivity index (χ2n) is 11.1. The summed E-state index contributed by atoms with van der Waals surface area (Å²) in [4.78, 5) is 13.9. The number of rotatable bonds is 2. The number of fused-ring (bicyclic) bond motifs is 11. The zero-order valence-corrected chi connectivity index (χ0v) is 23.7. The van der Waals surface area contributed by atoms with Gasteiger partial charge in [0.05, 0.1) is 26.8 Å². The van der Waals surface area contributed by atoms with Gasteiger partial charge in [0.1, 0.15) is 5.82 Å². The fourth-order valence-corrected chi connectivity index (χ4v) is 8.01. The fourth-order valence-electron chi connectivity index (χ4n) is 6.79. The minimum absolute atomic E-state index is 0.726. The Morgan fingerprint density at radius 2 is 1.28 bits per heavy atom. The Labute approximate surface area is 249 Å². The van der Waals surface area contributed by atoms with Gasteiger partial charge in [-0.2, -0.15) is 0 Å². The van der Waals surface area contributed by atoms with Gasteiger partial charge < -0.3 is 4.98 Å². The topological polar surface area (TPSA) is 46.5 Å². The largest absolute Gasteiger partial charge is 0.353 e. The summed E-state index contributed by atoms with van der Waals surface area (Å²) >= 11 is 1.86. The molecule has 0 aliphatic rings. The Morgan fingerprint density at radius 1 is 0.535 bits per heavy atom. The highest BCUT2D eigenvalue weighted by molar-refractivity contribution is 7.26. The van der Waals surface area contributed by atoms with Gasteiger partial charge in [0.2, 0.25) is 0 Å². The summed E-state index contributed by atoms with van der Waals surface area (Å²) in [6.07, 6.45) is 0. The molecule has 43 heavy (non-hydrogen) atoms. The number of thiophene rings is 1. The van der Waals surface area contributed by atoms with Crippen molar-refractivity contribution in [2.45, 2.75) is 0 Å². The molecule has 0 spiro atoms. The van der Waals surface area contributed by atoms with E-state index in [1.807, 2.05) is 35.6 Å². The van der Waals surface area contributed by atoms with Gasteiger partial charge >= 0.3 is 0 Å². The fraction of sp³-hybridized carbons (Fsp3) is 0. The van der Waals surface area contributed by atoms with Crippen LogP contribution in [0.3, 0.4) is 0 Å². The Balaban J connectivity index is 1.33. The van der Waals surface area contributed by atoms with Crippen LogP contribution in [-0.2, 0) is 0 Å². The van der Waals surface area contributed by atoms with Gasteiger partial charge in [-0.25, -0.2) is 9.97 Å². The first kappa shape index (κ1) is 23.1. The molecule has 10 rings (SSSR count). The maximum atomic E-state index is 5.25. The predicted octanol–water partition coefficient (Wildman–Crippen LogP) is 10.4. The standard InChI is InChI=1S/C38H22N4S/c1-2-10-22(11-3-1)37-40-31-16-8-5-14-27(31)38(41-37)42-32-17-9-6-13-24(32)28-20-29-26-19-18-25-23-12-4-7-15-30(23)39-35(25)36(26)43-34(29)21-33(28)42/h1-21,39H. The molecule has 0 atom stereocenters. The number of aromatic nitrogens is 4. The summed E-state index contributed by atoms with van der Waals surface area (Å²) in [5.74, 6) is 1.62. The van der Waals surface area contributed by atoms with E-state index < -0.39 is 0 Å². The number of hydrogen-bond acceptors (Lipinski definition) is 3. The zero-order chi connectivity index (χ0) is 28.1. The lowest BCUT2D eigenvalue weighted by molar-refractivity contribution is 1.08. The van der Waals surface area contributed by atoms with E-state index >= 15 is 0 Å². The van der Waals surface area contributed by atoms with Gasteiger partial charge in [0.15, 0.2) is 5.82 Å². The van der Waals surface area contributed by atoms with E-state index in [9.17, 15) is 0 Å². The minimum atomic E-state index is 0.726. The molecule has 0 radical (unpaired) electrons. The molecule has 4 heterocycles. The van der Waals surface area contributed by atoms with Crippen molar-refractivity contribution in [2.75, 3.05) is 0 Å². The maximum absolute atomic E-state index is 5.25. The molecule has 10 aromatic rings. The van der Waals surface area contributed by atoms with Crippen LogP contribution in [0.25, 0.3) is 91.9 Å². The molecule has 0 saturated carbocycles. The molecule has 0 aliphatic heterocycles. The van der Waals surface area contributed by atoms with Crippen molar-refractivity contribution in [1.29, 1.82) is 0 Å². The number of H-pyrrole nitrogens is 1. The van der Waals surface area contributed by atoms with Gasteiger partial charge in [-0.05, 0) is 36.4 Å². The molecule has 4 nitrogen and oxygen atoms in total. The Kier molecular flexibility index (Phi) is 4.57. The van der Waals surface area contributed by atoms with E-state index in [1.54, 1.807) is 0 Å². The Morgan fingerprint density at radius 3 is 2.19 bits per heavy atom. The number of nitrogens with one attached hydrogen (secondary N) is 1. The van der Waals surface area contributed by atoms with Crippen molar-refractivity contribution in [3.05, 3.63) is 127 Å². The molecule has 0 amide bonds. The first-order chi connectivity index (χ1) is 21.3. The lowest BCUT2D eigenvalue weighted by atomic mass is 10.1. The van der Waals surface area contributed by atoms with E-state index in [2.05, 4.69) is 113 Å². The summed E-state index contributed by atoms with van der Waals surface area (Å²) in [6, 6.07) is 45.1. The van der Waals surface area contributed by atoms with Crippen LogP contribution in [0.5, 0.6) is 0 Å². The predicted molar refractivity (Wildman–Crippen MR) is 182 cm³/mol. The molecule has 4 aromatic heterocycles. The van der Waals surface area contributed by atoms with Gasteiger partial charge in [-0.3, -0.25) is 4.57 Å². The first-order valence-electron chi connectivity index (χ1n) is 14.4. The number of hydrogen-bond donors (Lipinski definition) is 1. The van der Waals surface area contributed by atoms with Crippen LogP contribution in [0.15, 0.2) is 127 Å². The van der Waals surface area contributed by atoms with Crippen LogP contribution < -0.4 is 0 Å². The van der Waals surface area contributed by atoms with Gasteiger partial charge in [-0.15, -0.1) is 11.3 Å².